The molecule has 1 aliphatic heterocycles. The van der Waals surface area contributed by atoms with E-state index in [1.165, 1.54) is 0 Å². The number of hydrazone groups is 1. The maximum absolute atomic E-state index is 6.25. The van der Waals surface area contributed by atoms with Crippen LogP contribution in [0.25, 0.3) is 0 Å². The largest absolute Gasteiger partial charge is 0.431 e. The molecule has 0 spiro atoms. The van der Waals surface area contributed by atoms with Gasteiger partial charge in [-0.05, 0) is 30.3 Å². The van der Waals surface area contributed by atoms with Crippen LogP contribution in [0.15, 0.2) is 53.8 Å². The number of aromatic nitrogens is 2. The minimum atomic E-state index is 0.278. The molecule has 0 radical (unpaired) electrons. The number of anilines is 4. The molecule has 0 saturated heterocycles. The van der Waals surface area contributed by atoms with Crippen molar-refractivity contribution in [1.82, 2.24) is 9.97 Å². The van der Waals surface area contributed by atoms with Crippen molar-refractivity contribution in [1.29, 1.82) is 0 Å². The second kappa shape index (κ2) is 6.94. The molecule has 0 fully saturated rings. The van der Waals surface area contributed by atoms with Crippen molar-refractivity contribution in [2.75, 3.05) is 23.1 Å². The highest BCUT2D eigenvalue weighted by molar-refractivity contribution is 6.39. The number of nitrogen functional groups attached to an aromatic ring is 1. The van der Waals surface area contributed by atoms with E-state index in [0.29, 0.717) is 38.8 Å². The molecule has 0 saturated carbocycles. The molecule has 0 aliphatic carbocycles. The molecule has 2 aromatic carbocycles. The van der Waals surface area contributed by atoms with Gasteiger partial charge in [0.25, 0.3) is 0 Å². The van der Waals surface area contributed by atoms with Gasteiger partial charge in [0.05, 0.1) is 21.8 Å². The summed E-state index contributed by atoms with van der Waals surface area (Å²) in [4.78, 5) is 8.75. The Hall–Kier alpha value is -3.03. The molecule has 1 aliphatic rings. The summed E-state index contributed by atoms with van der Waals surface area (Å²) in [6, 6.07) is 12.5. The predicted molar refractivity (Wildman–Crippen MR) is 108 cm³/mol. The molecule has 0 unspecified atom stereocenters. The van der Waals surface area contributed by atoms with Gasteiger partial charge in [-0.15, -0.1) is 5.10 Å². The van der Waals surface area contributed by atoms with Crippen molar-refractivity contribution in [2.24, 2.45) is 5.10 Å². The summed E-state index contributed by atoms with van der Waals surface area (Å²) in [5.41, 5.74) is 7.73. The Labute approximate surface area is 165 Å². The molecule has 9 heteroatoms. The molecule has 136 valence electrons. The number of hydrogen-bond donors (Lipinski definition) is 2. The van der Waals surface area contributed by atoms with E-state index in [2.05, 4.69) is 20.4 Å². The highest BCUT2D eigenvalue weighted by atomic mass is 35.5. The van der Waals surface area contributed by atoms with E-state index in [1.807, 2.05) is 12.1 Å². The molecule has 2 heterocycles. The zero-order chi connectivity index (χ0) is 19.0. The van der Waals surface area contributed by atoms with Crippen LogP contribution in [0, 0.1) is 0 Å². The van der Waals surface area contributed by atoms with Crippen molar-refractivity contribution in [2.45, 2.75) is 0 Å². The first-order chi connectivity index (χ1) is 13.0. The topological polar surface area (TPSA) is 88.7 Å². The van der Waals surface area contributed by atoms with Crippen molar-refractivity contribution < 1.29 is 4.74 Å². The van der Waals surface area contributed by atoms with Crippen LogP contribution in [0.1, 0.15) is 5.56 Å². The third kappa shape index (κ3) is 3.47. The van der Waals surface area contributed by atoms with E-state index in [4.69, 9.17) is 33.7 Å². The van der Waals surface area contributed by atoms with Gasteiger partial charge in [0.15, 0.2) is 11.6 Å². The van der Waals surface area contributed by atoms with Crippen LogP contribution in [0.2, 0.25) is 10.0 Å². The molecule has 0 amide bonds. The van der Waals surface area contributed by atoms with Crippen molar-refractivity contribution in [3.63, 3.8) is 0 Å². The summed E-state index contributed by atoms with van der Waals surface area (Å²) in [6.07, 6.45) is 1.56. The Balaban J connectivity index is 1.65. The second-order valence-electron chi connectivity index (χ2n) is 5.76. The highest BCUT2D eigenvalue weighted by Gasteiger charge is 2.25. The molecular formula is C18H14Cl2N6O. The minimum absolute atomic E-state index is 0.278. The molecular weight excluding hydrogens is 387 g/mol. The normalized spacial score (nSPS) is 12.9. The van der Waals surface area contributed by atoms with Crippen LogP contribution in [0.4, 0.5) is 23.1 Å². The quantitative estimate of drug-likeness (QED) is 0.637. The van der Waals surface area contributed by atoms with Crippen molar-refractivity contribution >= 4 is 52.2 Å². The van der Waals surface area contributed by atoms with Gasteiger partial charge in [0, 0.05) is 18.4 Å². The van der Waals surface area contributed by atoms with Gasteiger partial charge < -0.3 is 15.8 Å². The average Bonchev–Trinajstić information content (AvgIpc) is 2.62. The van der Waals surface area contributed by atoms with Crippen molar-refractivity contribution in [3.8, 4) is 5.75 Å². The van der Waals surface area contributed by atoms with E-state index < -0.39 is 0 Å². The predicted octanol–water partition coefficient (Wildman–Crippen LogP) is 4.30. The number of fused-ring (bicyclic) bond motifs is 1. The summed E-state index contributed by atoms with van der Waals surface area (Å²) in [5, 5.41) is 9.97. The number of halogens is 2. The fourth-order valence-corrected chi connectivity index (χ4v) is 3.14. The van der Waals surface area contributed by atoms with Gasteiger partial charge in [-0.25, -0.2) is 9.99 Å². The van der Waals surface area contributed by atoms with E-state index >= 15 is 0 Å². The Morgan fingerprint density at radius 2 is 1.85 bits per heavy atom. The monoisotopic (exact) mass is 400 g/mol. The summed E-state index contributed by atoms with van der Waals surface area (Å²) in [5.74, 6) is 1.62. The molecule has 27 heavy (non-hydrogen) atoms. The van der Waals surface area contributed by atoms with Crippen LogP contribution < -0.4 is 20.8 Å². The molecule has 3 N–H and O–H groups in total. The summed E-state index contributed by atoms with van der Waals surface area (Å²) in [7, 11) is 1.75. The van der Waals surface area contributed by atoms with Gasteiger partial charge in [-0.3, -0.25) is 0 Å². The molecule has 3 aromatic rings. The van der Waals surface area contributed by atoms with Gasteiger partial charge >= 0.3 is 0 Å². The molecule has 1 aromatic heterocycles. The number of nitrogens with zero attached hydrogens (tertiary/aromatic N) is 4. The maximum atomic E-state index is 6.25. The standard InChI is InChI=1S/C18H14Cl2N6O/c1-26-16-14(27-17(25-26)15-12(19)6-3-7-13(15)20)9-22-18(24-16)23-11-5-2-4-10(21)8-11/h2-9H,21H2,1H3,(H,22,23,24). The van der Waals surface area contributed by atoms with Gasteiger partial charge in [-0.1, -0.05) is 35.3 Å². The Bertz CT molecular complexity index is 1040. The highest BCUT2D eigenvalue weighted by Crippen LogP contribution is 2.34. The van der Waals surface area contributed by atoms with Crippen LogP contribution >= 0.6 is 23.2 Å². The minimum Gasteiger partial charge on any atom is -0.431 e. The average molecular weight is 401 g/mol. The third-order valence-corrected chi connectivity index (χ3v) is 4.44. The Morgan fingerprint density at radius 3 is 2.59 bits per heavy atom. The van der Waals surface area contributed by atoms with Crippen LogP contribution in [0.3, 0.4) is 0 Å². The molecule has 0 atom stereocenters. The smallest absolute Gasteiger partial charge is 0.247 e. The van der Waals surface area contributed by atoms with E-state index in [0.717, 1.165) is 5.69 Å². The third-order valence-electron chi connectivity index (χ3n) is 3.81. The number of benzene rings is 2. The number of rotatable bonds is 3. The maximum Gasteiger partial charge on any atom is 0.247 e. The number of hydrogen-bond acceptors (Lipinski definition) is 7. The van der Waals surface area contributed by atoms with Gasteiger partial charge in [0.2, 0.25) is 11.8 Å². The van der Waals surface area contributed by atoms with E-state index in [9.17, 15) is 0 Å². The zero-order valence-corrected chi connectivity index (χ0v) is 15.7. The van der Waals surface area contributed by atoms with Crippen LogP contribution in [-0.2, 0) is 0 Å². The van der Waals surface area contributed by atoms with Crippen molar-refractivity contribution in [3.05, 3.63) is 64.3 Å². The summed E-state index contributed by atoms with van der Waals surface area (Å²) < 4.78 is 5.84. The number of nitrogens with two attached hydrogens (primary N) is 1. The van der Waals surface area contributed by atoms with Gasteiger partial charge in [-0.2, -0.15) is 4.98 Å². The van der Waals surface area contributed by atoms with E-state index in [-0.39, 0.29) is 5.90 Å². The molecule has 0 bridgehead atoms. The first kappa shape index (κ1) is 17.4. The summed E-state index contributed by atoms with van der Waals surface area (Å²) in [6.45, 7) is 0. The first-order valence-electron chi connectivity index (χ1n) is 7.95. The zero-order valence-electron chi connectivity index (χ0n) is 14.1. The fourth-order valence-electron chi connectivity index (χ4n) is 2.58. The first-order valence-corrected chi connectivity index (χ1v) is 8.71. The Kier molecular flexibility index (Phi) is 4.47. The second-order valence-corrected chi connectivity index (χ2v) is 6.57. The molecule has 4 rings (SSSR count). The number of nitrogens with one attached hydrogen (secondary N) is 1. The Morgan fingerprint density at radius 1 is 1.11 bits per heavy atom. The van der Waals surface area contributed by atoms with E-state index in [1.54, 1.807) is 48.6 Å². The lowest BCUT2D eigenvalue weighted by Crippen LogP contribution is -2.26. The fraction of sp³-hybridized carbons (Fsp3) is 0.0556. The van der Waals surface area contributed by atoms with Crippen LogP contribution in [-0.4, -0.2) is 22.9 Å². The molecule has 7 nitrogen and oxygen atoms in total. The summed E-state index contributed by atoms with van der Waals surface area (Å²) >= 11 is 12.5. The number of ether oxygens (including phenoxy) is 1. The van der Waals surface area contributed by atoms with Gasteiger partial charge in [0.1, 0.15) is 0 Å². The lowest BCUT2D eigenvalue weighted by molar-refractivity contribution is 0.525. The SMILES string of the molecule is CN1N=C(c2c(Cl)cccc2Cl)Oc2cnc(Nc3cccc(N)c3)nc21. The van der Waals surface area contributed by atoms with Crippen LogP contribution in [0.5, 0.6) is 5.75 Å². The lowest BCUT2D eigenvalue weighted by atomic mass is 10.2. The lowest BCUT2D eigenvalue weighted by Gasteiger charge is -2.24.